The number of rotatable bonds is 3. The highest BCUT2D eigenvalue weighted by atomic mass is 16.5. The van der Waals surface area contributed by atoms with Crippen molar-refractivity contribution < 1.29 is 4.52 Å². The fourth-order valence-electron chi connectivity index (χ4n) is 1.34. The van der Waals surface area contributed by atoms with Gasteiger partial charge in [-0.25, -0.2) is 0 Å². The SMILES string of the molecule is CC(C)c1nc(CC2CNC2)no1. The molecule has 0 radical (unpaired) electrons. The van der Waals surface area contributed by atoms with Crippen LogP contribution in [-0.2, 0) is 6.42 Å². The zero-order valence-electron chi connectivity index (χ0n) is 8.08. The van der Waals surface area contributed by atoms with Crippen LogP contribution in [-0.4, -0.2) is 23.2 Å². The molecule has 72 valence electrons. The van der Waals surface area contributed by atoms with Crippen LogP contribution in [0.4, 0.5) is 0 Å². The van der Waals surface area contributed by atoms with Gasteiger partial charge in [0.25, 0.3) is 0 Å². The lowest BCUT2D eigenvalue weighted by atomic mass is 9.99. The standard InChI is InChI=1S/C9H15N3O/c1-6(2)9-11-8(12-13-9)3-7-4-10-5-7/h6-7,10H,3-5H2,1-2H3. The van der Waals surface area contributed by atoms with Gasteiger partial charge in [0, 0.05) is 12.3 Å². The number of hydrogen-bond donors (Lipinski definition) is 1. The van der Waals surface area contributed by atoms with Gasteiger partial charge in [-0.15, -0.1) is 0 Å². The Bertz CT molecular complexity index is 278. The lowest BCUT2D eigenvalue weighted by Gasteiger charge is -2.25. The van der Waals surface area contributed by atoms with E-state index in [9.17, 15) is 0 Å². The second-order valence-corrected chi connectivity index (χ2v) is 3.93. The zero-order valence-corrected chi connectivity index (χ0v) is 8.08. The van der Waals surface area contributed by atoms with E-state index >= 15 is 0 Å². The maximum absolute atomic E-state index is 5.11. The van der Waals surface area contributed by atoms with E-state index in [-0.39, 0.29) is 0 Å². The molecule has 0 amide bonds. The van der Waals surface area contributed by atoms with Crippen LogP contribution >= 0.6 is 0 Å². The number of nitrogens with one attached hydrogen (secondary N) is 1. The van der Waals surface area contributed by atoms with Crippen LogP contribution in [0.15, 0.2) is 4.52 Å². The summed E-state index contributed by atoms with van der Waals surface area (Å²) in [5.74, 6) is 2.65. The molecular formula is C9H15N3O. The van der Waals surface area contributed by atoms with Crippen LogP contribution in [0, 0.1) is 5.92 Å². The summed E-state index contributed by atoms with van der Waals surface area (Å²) in [6, 6.07) is 0. The molecule has 1 aromatic rings. The van der Waals surface area contributed by atoms with Crippen molar-refractivity contribution in [2.75, 3.05) is 13.1 Å². The van der Waals surface area contributed by atoms with Crippen LogP contribution in [0.5, 0.6) is 0 Å². The van der Waals surface area contributed by atoms with Crippen molar-refractivity contribution in [2.45, 2.75) is 26.2 Å². The molecule has 2 rings (SSSR count). The fraction of sp³-hybridized carbons (Fsp3) is 0.778. The lowest BCUT2D eigenvalue weighted by molar-refractivity contribution is 0.327. The Morgan fingerprint density at radius 2 is 2.31 bits per heavy atom. The Morgan fingerprint density at radius 1 is 1.54 bits per heavy atom. The van der Waals surface area contributed by atoms with Crippen LogP contribution in [0.2, 0.25) is 0 Å². The van der Waals surface area contributed by atoms with E-state index in [4.69, 9.17) is 4.52 Å². The van der Waals surface area contributed by atoms with Crippen LogP contribution < -0.4 is 5.32 Å². The number of aromatic nitrogens is 2. The highest BCUT2D eigenvalue weighted by molar-refractivity contribution is 4.94. The topological polar surface area (TPSA) is 51.0 Å². The molecule has 1 fully saturated rings. The molecule has 0 spiro atoms. The third-order valence-corrected chi connectivity index (χ3v) is 2.31. The molecule has 13 heavy (non-hydrogen) atoms. The first-order valence-corrected chi connectivity index (χ1v) is 4.79. The Hall–Kier alpha value is -0.900. The quantitative estimate of drug-likeness (QED) is 0.754. The third-order valence-electron chi connectivity index (χ3n) is 2.31. The van der Waals surface area contributed by atoms with Gasteiger partial charge in [-0.1, -0.05) is 19.0 Å². The number of hydrogen-bond acceptors (Lipinski definition) is 4. The van der Waals surface area contributed by atoms with Gasteiger partial charge in [0.05, 0.1) is 0 Å². The average Bonchev–Trinajstić information content (AvgIpc) is 2.44. The normalized spacial score (nSPS) is 17.8. The van der Waals surface area contributed by atoms with E-state index in [1.165, 1.54) is 0 Å². The summed E-state index contributed by atoms with van der Waals surface area (Å²) in [5, 5.41) is 7.17. The summed E-state index contributed by atoms with van der Waals surface area (Å²) in [6.07, 6.45) is 0.948. The van der Waals surface area contributed by atoms with E-state index in [0.29, 0.717) is 11.8 Å². The zero-order chi connectivity index (χ0) is 9.26. The maximum atomic E-state index is 5.11. The molecule has 4 heteroatoms. The second kappa shape index (κ2) is 3.46. The number of nitrogens with zero attached hydrogens (tertiary/aromatic N) is 2. The van der Waals surface area contributed by atoms with Gasteiger partial charge in [0.15, 0.2) is 5.82 Å². The summed E-state index contributed by atoms with van der Waals surface area (Å²) in [7, 11) is 0. The minimum Gasteiger partial charge on any atom is -0.339 e. The first-order valence-electron chi connectivity index (χ1n) is 4.79. The molecule has 4 nitrogen and oxygen atoms in total. The van der Waals surface area contributed by atoms with Gasteiger partial charge >= 0.3 is 0 Å². The third kappa shape index (κ3) is 1.88. The molecule has 1 N–H and O–H groups in total. The molecule has 0 atom stereocenters. The summed E-state index contributed by atoms with van der Waals surface area (Å²) in [4.78, 5) is 4.33. The molecule has 0 bridgehead atoms. The Balaban J connectivity index is 1.96. The minimum atomic E-state index is 0.334. The van der Waals surface area contributed by atoms with E-state index < -0.39 is 0 Å². The first-order chi connectivity index (χ1) is 6.25. The smallest absolute Gasteiger partial charge is 0.229 e. The monoisotopic (exact) mass is 181 g/mol. The molecule has 0 aromatic carbocycles. The van der Waals surface area contributed by atoms with E-state index in [0.717, 1.165) is 31.2 Å². The Labute approximate surface area is 77.7 Å². The molecule has 1 saturated heterocycles. The van der Waals surface area contributed by atoms with Crippen molar-refractivity contribution in [3.05, 3.63) is 11.7 Å². The summed E-state index contributed by atoms with van der Waals surface area (Å²) in [6.45, 7) is 6.29. The highest BCUT2D eigenvalue weighted by Crippen LogP contribution is 2.14. The summed E-state index contributed by atoms with van der Waals surface area (Å²) < 4.78 is 5.11. The van der Waals surface area contributed by atoms with Gasteiger partial charge < -0.3 is 9.84 Å². The maximum Gasteiger partial charge on any atom is 0.229 e. The van der Waals surface area contributed by atoms with Gasteiger partial charge in [-0.3, -0.25) is 0 Å². The molecule has 1 aliphatic heterocycles. The molecular weight excluding hydrogens is 166 g/mol. The van der Waals surface area contributed by atoms with Crippen molar-refractivity contribution in [2.24, 2.45) is 5.92 Å². The van der Waals surface area contributed by atoms with Crippen molar-refractivity contribution in [1.82, 2.24) is 15.5 Å². The Morgan fingerprint density at radius 3 is 2.77 bits per heavy atom. The lowest BCUT2D eigenvalue weighted by Crippen LogP contribution is -2.43. The average molecular weight is 181 g/mol. The van der Waals surface area contributed by atoms with E-state index in [1.54, 1.807) is 0 Å². The summed E-state index contributed by atoms with van der Waals surface area (Å²) >= 11 is 0. The van der Waals surface area contributed by atoms with Crippen LogP contribution in [0.3, 0.4) is 0 Å². The van der Waals surface area contributed by atoms with Gasteiger partial charge in [-0.05, 0) is 19.0 Å². The van der Waals surface area contributed by atoms with Crippen molar-refractivity contribution >= 4 is 0 Å². The molecule has 1 aliphatic rings. The van der Waals surface area contributed by atoms with Crippen molar-refractivity contribution in [1.29, 1.82) is 0 Å². The molecule has 1 aromatic heterocycles. The van der Waals surface area contributed by atoms with Gasteiger partial charge in [0.1, 0.15) is 0 Å². The van der Waals surface area contributed by atoms with Crippen LogP contribution in [0.1, 0.15) is 31.5 Å². The molecule has 2 heterocycles. The van der Waals surface area contributed by atoms with Crippen molar-refractivity contribution in [3.8, 4) is 0 Å². The van der Waals surface area contributed by atoms with Crippen molar-refractivity contribution in [3.63, 3.8) is 0 Å². The Kier molecular flexibility index (Phi) is 2.31. The summed E-state index contributed by atoms with van der Waals surface area (Å²) in [5.41, 5.74) is 0. The molecule has 0 saturated carbocycles. The first kappa shape index (κ1) is 8.69. The molecule has 0 unspecified atom stereocenters. The van der Waals surface area contributed by atoms with Gasteiger partial charge in [0.2, 0.25) is 5.89 Å². The highest BCUT2D eigenvalue weighted by Gasteiger charge is 2.20. The largest absolute Gasteiger partial charge is 0.339 e. The van der Waals surface area contributed by atoms with E-state index in [1.807, 2.05) is 0 Å². The predicted octanol–water partition coefficient (Wildman–Crippen LogP) is 0.955. The second-order valence-electron chi connectivity index (χ2n) is 3.93. The predicted molar refractivity (Wildman–Crippen MR) is 48.5 cm³/mol. The van der Waals surface area contributed by atoms with E-state index in [2.05, 4.69) is 29.3 Å². The molecule has 0 aliphatic carbocycles. The minimum absolute atomic E-state index is 0.334. The van der Waals surface area contributed by atoms with Gasteiger partial charge in [-0.2, -0.15) is 4.98 Å². The fourth-order valence-corrected chi connectivity index (χ4v) is 1.34. The van der Waals surface area contributed by atoms with Crippen LogP contribution in [0.25, 0.3) is 0 Å².